The van der Waals surface area contributed by atoms with Gasteiger partial charge in [0.2, 0.25) is 5.89 Å². The first-order chi connectivity index (χ1) is 7.66. The summed E-state index contributed by atoms with van der Waals surface area (Å²) in [6.45, 7) is 3.96. The zero-order chi connectivity index (χ0) is 11.3. The Balaban J connectivity index is 2.24. The van der Waals surface area contributed by atoms with Gasteiger partial charge >= 0.3 is 0 Å². The molecule has 0 aromatic carbocycles. The van der Waals surface area contributed by atoms with Gasteiger partial charge in [-0.3, -0.25) is 0 Å². The zero-order valence-electron chi connectivity index (χ0n) is 8.77. The molecule has 0 aliphatic rings. The van der Waals surface area contributed by atoms with E-state index in [9.17, 15) is 0 Å². The number of anilines is 1. The highest BCUT2D eigenvalue weighted by Gasteiger charge is 2.17. The van der Waals surface area contributed by atoms with Crippen LogP contribution in [-0.2, 0) is 0 Å². The van der Waals surface area contributed by atoms with Crippen molar-refractivity contribution in [3.63, 3.8) is 0 Å². The average molecular weight is 251 g/mol. The van der Waals surface area contributed by atoms with Gasteiger partial charge < -0.3 is 10.2 Å². The fourth-order valence-corrected chi connectivity index (χ4v) is 2.95. The van der Waals surface area contributed by atoms with Crippen LogP contribution in [0.5, 0.6) is 0 Å². The summed E-state index contributed by atoms with van der Waals surface area (Å²) >= 11 is 3.13. The van der Waals surface area contributed by atoms with Crippen molar-refractivity contribution >= 4 is 38.8 Å². The predicted octanol–water partition coefficient (Wildman–Crippen LogP) is 3.21. The third-order valence-electron chi connectivity index (χ3n) is 2.42. The van der Waals surface area contributed by atoms with Crippen molar-refractivity contribution in [3.05, 3.63) is 15.3 Å². The Bertz CT molecular complexity index is 665. The maximum Gasteiger partial charge on any atom is 0.248 e. The van der Waals surface area contributed by atoms with E-state index in [1.807, 2.05) is 13.8 Å². The zero-order valence-corrected chi connectivity index (χ0v) is 10.4. The van der Waals surface area contributed by atoms with Gasteiger partial charge in [0.25, 0.3) is 0 Å². The number of rotatable bonds is 1. The quantitative estimate of drug-likeness (QED) is 0.721. The molecular formula is C10H9N3OS2. The molecule has 4 nitrogen and oxygen atoms in total. The molecule has 0 aliphatic carbocycles. The molecular weight excluding hydrogens is 242 g/mol. The van der Waals surface area contributed by atoms with Crippen LogP contribution in [0.2, 0.25) is 0 Å². The Kier molecular flexibility index (Phi) is 2.02. The van der Waals surface area contributed by atoms with Gasteiger partial charge in [0.1, 0.15) is 5.69 Å². The van der Waals surface area contributed by atoms with Crippen LogP contribution < -0.4 is 5.73 Å². The van der Waals surface area contributed by atoms with Crippen LogP contribution in [0.1, 0.15) is 9.75 Å². The maximum atomic E-state index is 5.90. The summed E-state index contributed by atoms with van der Waals surface area (Å²) in [5, 5.41) is 0. The molecule has 82 valence electrons. The summed E-state index contributed by atoms with van der Waals surface area (Å²) in [5.41, 5.74) is 9.87. The minimum absolute atomic E-state index is 0.562. The molecule has 16 heavy (non-hydrogen) atoms. The van der Waals surface area contributed by atoms with Crippen molar-refractivity contribution < 1.29 is 4.42 Å². The highest BCUT2D eigenvalue weighted by molar-refractivity contribution is 7.19. The molecule has 3 aromatic rings. The molecule has 2 N–H and O–H groups in total. The number of thiophene rings is 1. The van der Waals surface area contributed by atoms with Crippen LogP contribution in [0.3, 0.4) is 0 Å². The first-order valence-corrected chi connectivity index (χ1v) is 6.42. The van der Waals surface area contributed by atoms with Gasteiger partial charge in [-0.2, -0.15) is 4.98 Å². The highest BCUT2D eigenvalue weighted by atomic mass is 32.1. The van der Waals surface area contributed by atoms with Gasteiger partial charge in [0.05, 0.1) is 11.2 Å². The third kappa shape index (κ3) is 1.27. The van der Waals surface area contributed by atoms with Crippen LogP contribution in [0.15, 0.2) is 9.93 Å². The maximum absolute atomic E-state index is 5.90. The monoisotopic (exact) mass is 251 g/mol. The number of aryl methyl sites for hydroxylation is 2. The second kappa shape index (κ2) is 3.29. The molecule has 0 saturated carbocycles. The molecule has 3 aromatic heterocycles. The smallest absolute Gasteiger partial charge is 0.248 e. The van der Waals surface area contributed by atoms with E-state index in [2.05, 4.69) is 9.97 Å². The highest BCUT2D eigenvalue weighted by Crippen LogP contribution is 2.36. The van der Waals surface area contributed by atoms with Gasteiger partial charge in [-0.1, -0.05) is 0 Å². The van der Waals surface area contributed by atoms with Gasteiger partial charge in [-0.25, -0.2) is 4.98 Å². The van der Waals surface area contributed by atoms with E-state index in [0.717, 1.165) is 20.3 Å². The lowest BCUT2D eigenvalue weighted by Crippen LogP contribution is -1.82. The number of nitrogens with two attached hydrogens (primary N) is 1. The molecule has 3 heterocycles. The number of oxazole rings is 1. The Hall–Kier alpha value is -1.40. The molecule has 0 bridgehead atoms. The number of nitrogens with zero attached hydrogens (tertiary/aromatic N) is 2. The second-order valence-electron chi connectivity index (χ2n) is 3.48. The number of fused-ring (bicyclic) bond motifs is 1. The van der Waals surface area contributed by atoms with Crippen LogP contribution in [0.25, 0.3) is 22.0 Å². The summed E-state index contributed by atoms with van der Waals surface area (Å²) < 4.78 is 5.66. The fraction of sp³-hybridized carbons (Fsp3) is 0.200. The minimum Gasteiger partial charge on any atom is -0.431 e. The van der Waals surface area contributed by atoms with Crippen LogP contribution in [0, 0.1) is 13.8 Å². The van der Waals surface area contributed by atoms with Gasteiger partial charge in [-0.05, 0) is 13.8 Å². The Morgan fingerprint density at radius 1 is 1.31 bits per heavy atom. The van der Waals surface area contributed by atoms with Crippen molar-refractivity contribution in [2.24, 2.45) is 0 Å². The Morgan fingerprint density at radius 3 is 2.75 bits per heavy atom. The lowest BCUT2D eigenvalue weighted by atomic mass is 10.4. The second-order valence-corrected chi connectivity index (χ2v) is 5.74. The Morgan fingerprint density at radius 2 is 2.12 bits per heavy atom. The topological polar surface area (TPSA) is 64.9 Å². The first-order valence-electron chi connectivity index (χ1n) is 4.72. The molecule has 0 unspecified atom stereocenters. The normalized spacial score (nSPS) is 11.4. The Labute approximate surface area is 99.8 Å². The van der Waals surface area contributed by atoms with E-state index >= 15 is 0 Å². The van der Waals surface area contributed by atoms with E-state index in [0.29, 0.717) is 17.2 Å². The summed E-state index contributed by atoms with van der Waals surface area (Å²) in [6, 6.07) is 0. The van der Waals surface area contributed by atoms with Crippen molar-refractivity contribution in [3.8, 4) is 11.6 Å². The van der Waals surface area contributed by atoms with Crippen LogP contribution in [0.4, 0.5) is 5.69 Å². The summed E-state index contributed by atoms with van der Waals surface area (Å²) in [5.74, 6) is 0.562. The number of aromatic nitrogens is 2. The number of thiazole rings is 1. The molecule has 0 atom stereocenters. The molecule has 0 saturated heterocycles. The van der Waals surface area contributed by atoms with Crippen molar-refractivity contribution in [2.75, 3.05) is 5.73 Å². The van der Waals surface area contributed by atoms with E-state index < -0.39 is 0 Å². The predicted molar refractivity (Wildman–Crippen MR) is 66.9 cm³/mol. The van der Waals surface area contributed by atoms with Gasteiger partial charge in [0.15, 0.2) is 10.4 Å². The molecule has 6 heteroatoms. The fourth-order valence-electron chi connectivity index (χ4n) is 1.52. The largest absolute Gasteiger partial charge is 0.431 e. The lowest BCUT2D eigenvalue weighted by molar-refractivity contribution is 0.618. The number of hydrogen-bond donors (Lipinski definition) is 1. The van der Waals surface area contributed by atoms with Crippen molar-refractivity contribution in [1.82, 2.24) is 9.97 Å². The molecule has 0 aliphatic heterocycles. The summed E-state index contributed by atoms with van der Waals surface area (Å²) in [6.07, 6.45) is 0. The van der Waals surface area contributed by atoms with E-state index in [1.165, 1.54) is 0 Å². The average Bonchev–Trinajstić information content (AvgIpc) is 2.87. The van der Waals surface area contributed by atoms with Crippen LogP contribution >= 0.6 is 22.7 Å². The third-order valence-corrected chi connectivity index (χ3v) is 4.17. The summed E-state index contributed by atoms with van der Waals surface area (Å²) in [4.78, 5) is 11.6. The summed E-state index contributed by atoms with van der Waals surface area (Å²) in [7, 11) is 0. The van der Waals surface area contributed by atoms with Crippen molar-refractivity contribution in [2.45, 2.75) is 13.8 Å². The van der Waals surface area contributed by atoms with Crippen LogP contribution in [-0.4, -0.2) is 9.97 Å². The van der Waals surface area contributed by atoms with Gasteiger partial charge in [0, 0.05) is 9.75 Å². The van der Waals surface area contributed by atoms with E-state index in [1.54, 1.807) is 28.2 Å². The van der Waals surface area contributed by atoms with E-state index in [-0.39, 0.29) is 0 Å². The number of nitrogen functional groups attached to an aromatic ring is 1. The van der Waals surface area contributed by atoms with Gasteiger partial charge in [-0.15, -0.1) is 22.7 Å². The SMILES string of the molecule is Cc1scnc1-c1nc2sc(C)c(N)c2o1. The number of hydrogen-bond acceptors (Lipinski definition) is 6. The van der Waals surface area contributed by atoms with E-state index in [4.69, 9.17) is 10.2 Å². The molecule has 0 amide bonds. The molecule has 3 rings (SSSR count). The minimum atomic E-state index is 0.562. The van der Waals surface area contributed by atoms with Crippen molar-refractivity contribution in [1.29, 1.82) is 0 Å². The first kappa shape index (κ1) is 9.80. The molecule has 0 radical (unpaired) electrons. The molecule has 0 fully saturated rings. The molecule has 0 spiro atoms. The lowest BCUT2D eigenvalue weighted by Gasteiger charge is -1.91. The standard InChI is InChI=1S/C10H9N3OS2/c1-4-6(11)8-10(16-4)13-9(14-8)7-5(2)15-3-12-7/h3H,11H2,1-2H3.